The number of fused-ring (bicyclic) bond motifs is 3. The number of rotatable bonds is 7. The van der Waals surface area contributed by atoms with Crippen LogP contribution in [0.2, 0.25) is 0 Å². The molecule has 0 aliphatic heterocycles. The van der Waals surface area contributed by atoms with E-state index in [4.69, 9.17) is 4.99 Å². The Morgan fingerprint density at radius 3 is 1.91 bits per heavy atom. The number of aliphatic imine (C=N–C) groups is 2. The van der Waals surface area contributed by atoms with E-state index in [1.165, 1.54) is 31.3 Å². The topological polar surface area (TPSA) is 48.8 Å². The predicted octanol–water partition coefficient (Wildman–Crippen LogP) is 10.1. The standard InChI is InChI=1S/C40H32N4S/c1-41-39(30-15-7-3-8-16-30)44-40(31-17-9-4-10-18-31)42-27-28-21-23-32(24-22-28)43-37-33(29-13-5-2-6-14-29)25-26-35-34-19-11-12-20-36(34)45-38(35)37/h2-26,43H,27H2,1H3,(H,41,42,44). The number of amidine groups is 2. The molecule has 1 aromatic heterocycles. The molecule has 45 heavy (non-hydrogen) atoms. The molecule has 5 heteroatoms. The van der Waals surface area contributed by atoms with E-state index < -0.39 is 0 Å². The van der Waals surface area contributed by atoms with Gasteiger partial charge in [-0.15, -0.1) is 11.3 Å². The number of anilines is 2. The van der Waals surface area contributed by atoms with Gasteiger partial charge in [-0.1, -0.05) is 133 Å². The summed E-state index contributed by atoms with van der Waals surface area (Å²) in [5, 5.41) is 9.85. The van der Waals surface area contributed by atoms with Crippen molar-refractivity contribution >= 4 is 54.6 Å². The van der Waals surface area contributed by atoms with Crippen molar-refractivity contribution in [3.05, 3.63) is 168 Å². The fourth-order valence-electron chi connectivity index (χ4n) is 5.54. The second-order valence-electron chi connectivity index (χ2n) is 10.7. The Labute approximate surface area is 267 Å². The second kappa shape index (κ2) is 13.0. The van der Waals surface area contributed by atoms with Crippen LogP contribution in [-0.4, -0.2) is 18.7 Å². The lowest BCUT2D eigenvalue weighted by molar-refractivity contribution is 1.05. The lowest BCUT2D eigenvalue weighted by Gasteiger charge is -2.15. The van der Waals surface area contributed by atoms with Crippen LogP contribution in [0.5, 0.6) is 0 Å². The average Bonchev–Trinajstić information content (AvgIpc) is 3.50. The first kappa shape index (κ1) is 28.3. The van der Waals surface area contributed by atoms with Gasteiger partial charge in [0.15, 0.2) is 0 Å². The van der Waals surface area contributed by atoms with Crippen molar-refractivity contribution in [1.29, 1.82) is 0 Å². The summed E-state index contributed by atoms with van der Waals surface area (Å²) in [5.74, 6) is 1.56. The highest BCUT2D eigenvalue weighted by Crippen LogP contribution is 2.44. The van der Waals surface area contributed by atoms with Crippen LogP contribution in [0.25, 0.3) is 31.3 Å². The number of nitrogens with zero attached hydrogens (tertiary/aromatic N) is 2. The number of thiophene rings is 1. The largest absolute Gasteiger partial charge is 0.354 e. The van der Waals surface area contributed by atoms with Crippen LogP contribution in [0.3, 0.4) is 0 Å². The van der Waals surface area contributed by atoms with Crippen molar-refractivity contribution in [3.8, 4) is 11.1 Å². The van der Waals surface area contributed by atoms with Crippen LogP contribution < -0.4 is 10.6 Å². The van der Waals surface area contributed by atoms with Crippen molar-refractivity contribution in [2.24, 2.45) is 9.98 Å². The molecule has 0 spiro atoms. The zero-order chi connectivity index (χ0) is 30.4. The smallest absolute Gasteiger partial charge is 0.134 e. The van der Waals surface area contributed by atoms with Gasteiger partial charge in [-0.05, 0) is 29.3 Å². The molecule has 0 aliphatic rings. The Kier molecular flexibility index (Phi) is 8.17. The summed E-state index contributed by atoms with van der Waals surface area (Å²) in [7, 11) is 1.80. The molecule has 0 saturated carbocycles. The van der Waals surface area contributed by atoms with E-state index in [9.17, 15) is 0 Å². The molecule has 0 atom stereocenters. The van der Waals surface area contributed by atoms with Gasteiger partial charge in [0.1, 0.15) is 11.7 Å². The number of hydrogen-bond donors (Lipinski definition) is 2. The Bertz CT molecular complexity index is 2120. The maximum absolute atomic E-state index is 5.02. The van der Waals surface area contributed by atoms with Crippen LogP contribution in [0, 0.1) is 0 Å². The lowest BCUT2D eigenvalue weighted by Crippen LogP contribution is -2.32. The van der Waals surface area contributed by atoms with Crippen LogP contribution >= 0.6 is 11.3 Å². The van der Waals surface area contributed by atoms with Crippen molar-refractivity contribution in [2.75, 3.05) is 12.4 Å². The molecule has 6 aromatic carbocycles. The second-order valence-corrected chi connectivity index (χ2v) is 11.8. The van der Waals surface area contributed by atoms with Gasteiger partial charge >= 0.3 is 0 Å². The molecule has 218 valence electrons. The zero-order valence-corrected chi connectivity index (χ0v) is 25.8. The van der Waals surface area contributed by atoms with Crippen LogP contribution in [0.4, 0.5) is 11.4 Å². The maximum Gasteiger partial charge on any atom is 0.134 e. The highest BCUT2D eigenvalue weighted by Gasteiger charge is 2.15. The summed E-state index contributed by atoms with van der Waals surface area (Å²) >= 11 is 1.84. The molecule has 0 radical (unpaired) electrons. The fourth-order valence-corrected chi connectivity index (χ4v) is 6.75. The van der Waals surface area contributed by atoms with Crippen LogP contribution in [0.15, 0.2) is 162 Å². The highest BCUT2D eigenvalue weighted by atomic mass is 32.1. The molecular weight excluding hydrogens is 569 g/mol. The predicted molar refractivity (Wildman–Crippen MR) is 193 cm³/mol. The molecule has 0 fully saturated rings. The third-order valence-corrected chi connectivity index (χ3v) is 9.03. The summed E-state index contributed by atoms with van der Waals surface area (Å²) in [4.78, 5) is 9.53. The Morgan fingerprint density at radius 1 is 0.600 bits per heavy atom. The fraction of sp³-hybridized carbons (Fsp3) is 0.0500. The monoisotopic (exact) mass is 600 g/mol. The minimum Gasteiger partial charge on any atom is -0.354 e. The van der Waals surface area contributed by atoms with Gasteiger partial charge in [0, 0.05) is 44.9 Å². The quantitative estimate of drug-likeness (QED) is 0.141. The normalized spacial score (nSPS) is 12.0. The summed E-state index contributed by atoms with van der Waals surface area (Å²) in [5.41, 5.74) is 7.70. The van der Waals surface area contributed by atoms with Crippen molar-refractivity contribution in [1.82, 2.24) is 5.32 Å². The Hall–Kier alpha value is -5.52. The molecule has 2 N–H and O–H groups in total. The SMILES string of the molecule is CN=C(NC(=NCc1ccc(Nc2c(-c3ccccc3)ccc3c2sc2ccccc23)cc1)c1ccccc1)c1ccccc1. The van der Waals surface area contributed by atoms with Gasteiger partial charge in [-0.25, -0.2) is 0 Å². The lowest BCUT2D eigenvalue weighted by atomic mass is 10.0. The maximum atomic E-state index is 5.02. The minimum absolute atomic E-state index is 0.532. The van der Waals surface area contributed by atoms with E-state index in [0.717, 1.165) is 39.7 Å². The number of hydrogen-bond acceptors (Lipinski definition) is 4. The summed E-state index contributed by atoms with van der Waals surface area (Å²) < 4.78 is 2.55. The van der Waals surface area contributed by atoms with E-state index in [1.807, 2.05) is 59.9 Å². The molecule has 7 rings (SSSR count). The molecule has 7 aromatic rings. The Morgan fingerprint density at radius 2 is 1.22 bits per heavy atom. The third-order valence-electron chi connectivity index (χ3n) is 7.83. The van der Waals surface area contributed by atoms with Gasteiger partial charge < -0.3 is 10.6 Å². The molecule has 0 bridgehead atoms. The molecule has 0 saturated heterocycles. The van der Waals surface area contributed by atoms with Crippen molar-refractivity contribution < 1.29 is 0 Å². The minimum atomic E-state index is 0.532. The summed E-state index contributed by atoms with van der Waals surface area (Å²) in [6, 6.07) is 52.6. The van der Waals surface area contributed by atoms with E-state index >= 15 is 0 Å². The van der Waals surface area contributed by atoms with Gasteiger partial charge in [0.05, 0.1) is 16.9 Å². The molecular formula is C40H32N4S. The molecule has 0 unspecified atom stereocenters. The van der Waals surface area contributed by atoms with E-state index in [0.29, 0.717) is 6.54 Å². The van der Waals surface area contributed by atoms with Crippen LogP contribution in [0.1, 0.15) is 16.7 Å². The first-order chi connectivity index (χ1) is 22.3. The van der Waals surface area contributed by atoms with Gasteiger partial charge in [-0.3, -0.25) is 9.98 Å². The number of nitrogens with one attached hydrogen (secondary N) is 2. The van der Waals surface area contributed by atoms with E-state index in [2.05, 4.69) is 119 Å². The van der Waals surface area contributed by atoms with Crippen LogP contribution in [-0.2, 0) is 6.54 Å². The molecule has 4 nitrogen and oxygen atoms in total. The first-order valence-corrected chi connectivity index (χ1v) is 15.8. The van der Waals surface area contributed by atoms with E-state index in [-0.39, 0.29) is 0 Å². The van der Waals surface area contributed by atoms with Gasteiger partial charge in [-0.2, -0.15) is 0 Å². The summed E-state index contributed by atoms with van der Waals surface area (Å²) in [6.07, 6.45) is 0. The summed E-state index contributed by atoms with van der Waals surface area (Å²) in [6.45, 7) is 0.532. The number of benzene rings is 6. The van der Waals surface area contributed by atoms with Crippen molar-refractivity contribution in [3.63, 3.8) is 0 Å². The van der Waals surface area contributed by atoms with Gasteiger partial charge in [0.2, 0.25) is 0 Å². The van der Waals surface area contributed by atoms with Gasteiger partial charge in [0.25, 0.3) is 0 Å². The van der Waals surface area contributed by atoms with Crippen molar-refractivity contribution in [2.45, 2.75) is 6.54 Å². The zero-order valence-electron chi connectivity index (χ0n) is 24.9. The van der Waals surface area contributed by atoms with E-state index in [1.54, 1.807) is 7.05 Å². The Balaban J connectivity index is 1.18. The molecule has 0 amide bonds. The first-order valence-electron chi connectivity index (χ1n) is 15.0. The molecule has 0 aliphatic carbocycles. The average molecular weight is 601 g/mol. The molecule has 1 heterocycles. The highest BCUT2D eigenvalue weighted by molar-refractivity contribution is 7.26. The third kappa shape index (κ3) is 6.12.